The number of nitrogens with one attached hydrogen (secondary N) is 2. The fraction of sp³-hybridized carbons (Fsp3) is 0.120. The third-order valence-electron chi connectivity index (χ3n) is 4.81. The van der Waals surface area contributed by atoms with E-state index in [1.165, 1.54) is 0 Å². The monoisotopic (exact) mass is 458 g/mol. The standard InChI is InChI=1S/C25H26N6O3/c1-16(19-4-10-22(32)11-5-19)26-29-25(30-27-17(2)20-6-12-23(33)13-7-20)31-28-18(3)21-8-14-24(34)15-9-21/h4-15,32-34H,1-3H3,(H2,29,30,31)/b26-16+,27-17+,28-18+. The molecule has 0 heterocycles. The minimum absolute atomic E-state index is 0.169. The van der Waals surface area contributed by atoms with Gasteiger partial charge in [0.2, 0.25) is 0 Å². The van der Waals surface area contributed by atoms with Gasteiger partial charge >= 0.3 is 0 Å². The van der Waals surface area contributed by atoms with Crippen molar-refractivity contribution in [3.63, 3.8) is 0 Å². The first kappa shape index (κ1) is 24.0. The Morgan fingerprint density at radius 3 is 1.18 bits per heavy atom. The number of nitrogens with zero attached hydrogens (tertiary/aromatic N) is 4. The molecule has 0 saturated heterocycles. The van der Waals surface area contributed by atoms with E-state index in [0.717, 1.165) is 16.7 Å². The van der Waals surface area contributed by atoms with Crippen LogP contribution in [-0.2, 0) is 0 Å². The molecule has 0 aromatic heterocycles. The van der Waals surface area contributed by atoms with Crippen LogP contribution in [0.5, 0.6) is 17.2 Å². The Morgan fingerprint density at radius 1 is 0.500 bits per heavy atom. The van der Waals surface area contributed by atoms with Crippen LogP contribution in [-0.4, -0.2) is 38.4 Å². The lowest BCUT2D eigenvalue weighted by Crippen LogP contribution is -2.32. The second-order valence-corrected chi connectivity index (χ2v) is 7.39. The van der Waals surface area contributed by atoms with E-state index in [2.05, 4.69) is 31.3 Å². The van der Waals surface area contributed by atoms with Crippen LogP contribution in [0.25, 0.3) is 0 Å². The highest BCUT2D eigenvalue weighted by Crippen LogP contribution is 2.12. The Bertz CT molecular complexity index is 1160. The summed E-state index contributed by atoms with van der Waals surface area (Å²) < 4.78 is 0. The van der Waals surface area contributed by atoms with Gasteiger partial charge in [-0.05, 0) is 110 Å². The van der Waals surface area contributed by atoms with E-state index in [9.17, 15) is 15.3 Å². The molecule has 0 aliphatic rings. The van der Waals surface area contributed by atoms with E-state index >= 15 is 0 Å². The summed E-state index contributed by atoms with van der Waals surface area (Å²) in [6, 6.07) is 20.0. The summed E-state index contributed by atoms with van der Waals surface area (Å²) in [6.07, 6.45) is 0. The molecule has 0 amide bonds. The summed E-state index contributed by atoms with van der Waals surface area (Å²) in [5.74, 6) is 0.689. The number of phenols is 3. The average molecular weight is 459 g/mol. The predicted octanol–water partition coefficient (Wildman–Crippen LogP) is 3.91. The number of phenolic OH excluding ortho intramolecular Hbond substituents is 3. The van der Waals surface area contributed by atoms with E-state index in [0.29, 0.717) is 17.1 Å². The van der Waals surface area contributed by atoms with Gasteiger partial charge in [0.05, 0.1) is 17.1 Å². The zero-order valence-corrected chi connectivity index (χ0v) is 19.1. The summed E-state index contributed by atoms with van der Waals surface area (Å²) in [5.41, 5.74) is 10.0. The minimum atomic E-state index is 0.169. The number of hydrogen-bond donors (Lipinski definition) is 5. The maximum atomic E-state index is 9.48. The van der Waals surface area contributed by atoms with Gasteiger partial charge in [-0.2, -0.15) is 15.3 Å². The lowest BCUT2D eigenvalue weighted by atomic mass is 10.1. The van der Waals surface area contributed by atoms with Crippen LogP contribution in [0.15, 0.2) is 93.2 Å². The second kappa shape index (κ2) is 11.3. The van der Waals surface area contributed by atoms with Crippen molar-refractivity contribution in [1.29, 1.82) is 0 Å². The maximum Gasteiger partial charge on any atom is 0.257 e. The molecule has 3 rings (SSSR count). The van der Waals surface area contributed by atoms with Crippen molar-refractivity contribution in [3.05, 3.63) is 89.5 Å². The number of hydrogen-bond acceptors (Lipinski definition) is 7. The van der Waals surface area contributed by atoms with Crippen LogP contribution >= 0.6 is 0 Å². The van der Waals surface area contributed by atoms with Gasteiger partial charge in [0.1, 0.15) is 17.2 Å². The van der Waals surface area contributed by atoms with Crippen molar-refractivity contribution in [2.75, 3.05) is 0 Å². The number of benzene rings is 3. The van der Waals surface area contributed by atoms with Gasteiger partial charge in [-0.15, -0.1) is 5.10 Å². The maximum absolute atomic E-state index is 9.48. The highest BCUT2D eigenvalue weighted by molar-refractivity contribution is 6.01. The summed E-state index contributed by atoms with van der Waals surface area (Å²) in [7, 11) is 0. The smallest absolute Gasteiger partial charge is 0.257 e. The largest absolute Gasteiger partial charge is 0.508 e. The topological polar surface area (TPSA) is 134 Å². The summed E-state index contributed by atoms with van der Waals surface area (Å²) in [4.78, 5) is 0. The first-order valence-electron chi connectivity index (χ1n) is 10.4. The van der Waals surface area contributed by atoms with Crippen LogP contribution in [0.1, 0.15) is 37.5 Å². The van der Waals surface area contributed by atoms with Crippen molar-refractivity contribution < 1.29 is 15.3 Å². The minimum Gasteiger partial charge on any atom is -0.508 e. The first-order chi connectivity index (χ1) is 16.3. The Balaban J connectivity index is 1.84. The van der Waals surface area contributed by atoms with Gasteiger partial charge < -0.3 is 15.3 Å². The molecule has 0 radical (unpaired) electrons. The normalized spacial score (nSPS) is 12.3. The van der Waals surface area contributed by atoms with Crippen molar-refractivity contribution >= 4 is 23.1 Å². The van der Waals surface area contributed by atoms with Gasteiger partial charge in [0.15, 0.2) is 0 Å². The van der Waals surface area contributed by atoms with Crippen molar-refractivity contribution in [3.8, 4) is 17.2 Å². The Morgan fingerprint density at radius 2 is 0.824 bits per heavy atom. The van der Waals surface area contributed by atoms with E-state index in [1.807, 2.05) is 13.8 Å². The molecule has 3 aromatic carbocycles. The SMILES string of the molecule is C/C(=N\N=C(N/N=C(\C)c1ccc(O)cc1)N/N=C(\C)c1ccc(O)cc1)c1ccc(O)cc1. The van der Waals surface area contributed by atoms with Crippen molar-refractivity contribution in [1.82, 2.24) is 10.9 Å². The third-order valence-corrected chi connectivity index (χ3v) is 4.81. The van der Waals surface area contributed by atoms with Gasteiger partial charge in [0.25, 0.3) is 5.96 Å². The predicted molar refractivity (Wildman–Crippen MR) is 135 cm³/mol. The quantitative estimate of drug-likeness (QED) is 0.217. The highest BCUT2D eigenvalue weighted by atomic mass is 16.3. The van der Waals surface area contributed by atoms with Crippen LogP contribution in [0, 0.1) is 0 Å². The molecular weight excluding hydrogens is 432 g/mol. The van der Waals surface area contributed by atoms with Gasteiger partial charge in [-0.1, -0.05) is 0 Å². The fourth-order valence-electron chi connectivity index (χ4n) is 2.76. The van der Waals surface area contributed by atoms with Crippen molar-refractivity contribution in [2.24, 2.45) is 20.4 Å². The molecule has 3 aromatic rings. The van der Waals surface area contributed by atoms with Gasteiger partial charge in [0, 0.05) is 0 Å². The molecular formula is C25H26N6O3. The van der Waals surface area contributed by atoms with Crippen LogP contribution in [0.3, 0.4) is 0 Å². The van der Waals surface area contributed by atoms with E-state index in [-0.39, 0.29) is 23.2 Å². The molecule has 0 aliphatic heterocycles. The first-order valence-corrected chi connectivity index (χ1v) is 10.4. The lowest BCUT2D eigenvalue weighted by Gasteiger charge is -2.07. The number of rotatable bonds is 6. The molecule has 34 heavy (non-hydrogen) atoms. The number of guanidine groups is 1. The molecule has 0 fully saturated rings. The molecule has 0 unspecified atom stereocenters. The lowest BCUT2D eigenvalue weighted by molar-refractivity contribution is 0.474. The molecule has 0 bridgehead atoms. The van der Waals surface area contributed by atoms with Crippen LogP contribution < -0.4 is 10.9 Å². The Hall–Kier alpha value is -4.66. The molecule has 5 N–H and O–H groups in total. The van der Waals surface area contributed by atoms with Gasteiger partial charge in [-0.25, -0.2) is 10.9 Å². The van der Waals surface area contributed by atoms with Crippen molar-refractivity contribution in [2.45, 2.75) is 20.8 Å². The second-order valence-electron chi connectivity index (χ2n) is 7.39. The molecule has 0 atom stereocenters. The van der Waals surface area contributed by atoms with Gasteiger partial charge in [-0.3, -0.25) is 0 Å². The third kappa shape index (κ3) is 6.92. The highest BCUT2D eigenvalue weighted by Gasteiger charge is 2.03. The Kier molecular flexibility index (Phi) is 7.96. The molecule has 9 nitrogen and oxygen atoms in total. The van der Waals surface area contributed by atoms with E-state index < -0.39 is 0 Å². The zero-order chi connectivity index (χ0) is 24.5. The number of aromatic hydroxyl groups is 3. The summed E-state index contributed by atoms with van der Waals surface area (Å²) in [5, 5.41) is 45.6. The molecule has 9 heteroatoms. The zero-order valence-electron chi connectivity index (χ0n) is 19.1. The number of hydrazone groups is 2. The summed E-state index contributed by atoms with van der Waals surface area (Å²) in [6.45, 7) is 5.42. The molecule has 174 valence electrons. The molecule has 0 aliphatic carbocycles. The van der Waals surface area contributed by atoms with Crippen LogP contribution in [0.4, 0.5) is 0 Å². The summed E-state index contributed by atoms with van der Waals surface area (Å²) >= 11 is 0. The molecule has 0 saturated carbocycles. The van der Waals surface area contributed by atoms with Crippen LogP contribution in [0.2, 0.25) is 0 Å². The van der Waals surface area contributed by atoms with E-state index in [4.69, 9.17) is 0 Å². The fourth-order valence-corrected chi connectivity index (χ4v) is 2.76. The van der Waals surface area contributed by atoms with E-state index in [1.54, 1.807) is 79.7 Å². The average Bonchev–Trinajstić information content (AvgIpc) is 2.84. The molecule has 0 spiro atoms. The Labute approximate surface area is 197 Å².